The molecule has 0 N–H and O–H groups in total. The fraction of sp³-hybridized carbons (Fsp3) is 0.200. The highest BCUT2D eigenvalue weighted by Gasteiger charge is 2.10. The van der Waals surface area contributed by atoms with Crippen LogP contribution in [0, 0.1) is 6.92 Å². The minimum absolute atomic E-state index is 1.19. The zero-order valence-electron chi connectivity index (χ0n) is 8.96. The molecule has 0 unspecified atom stereocenters. The Bertz CT molecular complexity index is 547. The number of fused-ring (bicyclic) bond motifs is 3. The molecule has 0 nitrogen and oxygen atoms in total. The Kier molecular flexibility index (Phi) is 1.88. The van der Waals surface area contributed by atoms with Gasteiger partial charge in [-0.25, -0.2) is 0 Å². The van der Waals surface area contributed by atoms with Crippen LogP contribution in [0.2, 0.25) is 0 Å². The first-order valence-electron chi connectivity index (χ1n) is 5.54. The molecule has 0 saturated heterocycles. The van der Waals surface area contributed by atoms with Crippen molar-refractivity contribution in [3.05, 3.63) is 53.1 Å². The van der Waals surface area contributed by atoms with Crippen molar-refractivity contribution in [2.24, 2.45) is 0 Å². The highest BCUT2D eigenvalue weighted by atomic mass is 14.1. The van der Waals surface area contributed by atoms with Crippen LogP contribution >= 0.6 is 0 Å². The number of rotatable bonds is 0. The highest BCUT2D eigenvalue weighted by Crippen LogP contribution is 2.30. The average molecular weight is 194 g/mol. The zero-order valence-corrected chi connectivity index (χ0v) is 8.96. The standard InChI is InChI=1S/C15H14/c1-11-10-12-6-2-3-8-14(12)15-9-5-4-7-13(11)15/h2-3,5-6,8-10H,4,7H2,1H3. The largest absolute Gasteiger partial charge is 0.0836 e. The second kappa shape index (κ2) is 3.23. The Morgan fingerprint density at radius 2 is 2.00 bits per heavy atom. The smallest absolute Gasteiger partial charge is 0.0109 e. The Hall–Kier alpha value is -1.56. The van der Waals surface area contributed by atoms with Crippen molar-refractivity contribution < 1.29 is 0 Å². The zero-order chi connectivity index (χ0) is 10.3. The molecule has 2 aromatic carbocycles. The van der Waals surface area contributed by atoms with Crippen LogP contribution in [0.1, 0.15) is 23.1 Å². The van der Waals surface area contributed by atoms with Crippen molar-refractivity contribution in [3.8, 4) is 0 Å². The molecular weight excluding hydrogens is 180 g/mol. The third-order valence-corrected chi connectivity index (χ3v) is 3.27. The second-order valence-electron chi connectivity index (χ2n) is 4.25. The number of aryl methyl sites for hydroxylation is 1. The fourth-order valence-electron chi connectivity index (χ4n) is 2.51. The van der Waals surface area contributed by atoms with Gasteiger partial charge in [-0.1, -0.05) is 42.5 Å². The van der Waals surface area contributed by atoms with Gasteiger partial charge in [0.25, 0.3) is 0 Å². The molecule has 0 spiro atoms. The average Bonchev–Trinajstić information content (AvgIpc) is 2.30. The molecule has 0 aliphatic heterocycles. The first-order chi connectivity index (χ1) is 7.36. The molecule has 0 heterocycles. The van der Waals surface area contributed by atoms with Crippen molar-refractivity contribution in [2.45, 2.75) is 19.8 Å². The van der Waals surface area contributed by atoms with E-state index in [2.05, 4.69) is 49.4 Å². The van der Waals surface area contributed by atoms with Gasteiger partial charge < -0.3 is 0 Å². The molecule has 1 aliphatic carbocycles. The summed E-state index contributed by atoms with van der Waals surface area (Å²) >= 11 is 0. The lowest BCUT2D eigenvalue weighted by Gasteiger charge is -2.16. The number of hydrogen-bond donors (Lipinski definition) is 0. The summed E-state index contributed by atoms with van der Waals surface area (Å²) in [5, 5.41) is 2.76. The Morgan fingerprint density at radius 1 is 1.13 bits per heavy atom. The van der Waals surface area contributed by atoms with Gasteiger partial charge in [-0.2, -0.15) is 0 Å². The van der Waals surface area contributed by atoms with Crippen LogP contribution in [0.15, 0.2) is 36.4 Å². The maximum Gasteiger partial charge on any atom is -0.0109 e. The van der Waals surface area contributed by atoms with E-state index < -0.39 is 0 Å². The summed E-state index contributed by atoms with van der Waals surface area (Å²) in [4.78, 5) is 0. The predicted molar refractivity (Wildman–Crippen MR) is 66.0 cm³/mol. The van der Waals surface area contributed by atoms with E-state index in [4.69, 9.17) is 0 Å². The monoisotopic (exact) mass is 194 g/mol. The van der Waals surface area contributed by atoms with Crippen LogP contribution in [0.3, 0.4) is 0 Å². The molecule has 15 heavy (non-hydrogen) atoms. The van der Waals surface area contributed by atoms with E-state index in [0.29, 0.717) is 0 Å². The van der Waals surface area contributed by atoms with Crippen LogP contribution in [-0.2, 0) is 6.42 Å². The van der Waals surface area contributed by atoms with Gasteiger partial charge in [0.15, 0.2) is 0 Å². The fourth-order valence-corrected chi connectivity index (χ4v) is 2.51. The molecule has 0 aromatic heterocycles. The molecule has 2 aromatic rings. The van der Waals surface area contributed by atoms with E-state index in [1.165, 1.54) is 40.3 Å². The molecule has 0 bridgehead atoms. The van der Waals surface area contributed by atoms with Crippen molar-refractivity contribution in [3.63, 3.8) is 0 Å². The maximum absolute atomic E-state index is 2.31. The molecule has 0 radical (unpaired) electrons. The lowest BCUT2D eigenvalue weighted by molar-refractivity contribution is 0.976. The molecule has 1 aliphatic rings. The van der Waals surface area contributed by atoms with Gasteiger partial charge in [-0.15, -0.1) is 0 Å². The van der Waals surface area contributed by atoms with Gasteiger partial charge in [0, 0.05) is 0 Å². The summed E-state index contributed by atoms with van der Waals surface area (Å²) in [6.45, 7) is 2.23. The first kappa shape index (κ1) is 8.72. The van der Waals surface area contributed by atoms with Crippen molar-refractivity contribution in [1.82, 2.24) is 0 Å². The summed E-state index contributed by atoms with van der Waals surface area (Å²) in [6, 6.07) is 11.0. The lowest BCUT2D eigenvalue weighted by Crippen LogP contribution is -1.98. The molecular formula is C15H14. The topological polar surface area (TPSA) is 0 Å². The van der Waals surface area contributed by atoms with Crippen LogP contribution < -0.4 is 0 Å². The molecule has 0 saturated carbocycles. The van der Waals surface area contributed by atoms with Gasteiger partial charge in [0.05, 0.1) is 0 Å². The van der Waals surface area contributed by atoms with E-state index in [1.807, 2.05) is 0 Å². The van der Waals surface area contributed by atoms with Gasteiger partial charge in [-0.3, -0.25) is 0 Å². The van der Waals surface area contributed by atoms with Crippen LogP contribution in [0.25, 0.3) is 16.8 Å². The van der Waals surface area contributed by atoms with E-state index in [-0.39, 0.29) is 0 Å². The van der Waals surface area contributed by atoms with E-state index in [0.717, 1.165) is 0 Å². The summed E-state index contributed by atoms with van der Waals surface area (Å²) in [5.74, 6) is 0. The summed E-state index contributed by atoms with van der Waals surface area (Å²) < 4.78 is 0. The van der Waals surface area contributed by atoms with E-state index in [1.54, 1.807) is 0 Å². The SMILES string of the molecule is Cc1cc2ccccc2c2c1CCC=C2. The van der Waals surface area contributed by atoms with Gasteiger partial charge >= 0.3 is 0 Å². The maximum atomic E-state index is 2.31. The van der Waals surface area contributed by atoms with Crippen molar-refractivity contribution in [1.29, 1.82) is 0 Å². The molecule has 0 heteroatoms. The molecule has 0 fully saturated rings. The summed E-state index contributed by atoms with van der Waals surface area (Å²) in [6.07, 6.45) is 6.96. The van der Waals surface area contributed by atoms with Crippen LogP contribution in [0.5, 0.6) is 0 Å². The predicted octanol–water partition coefficient (Wildman–Crippen LogP) is 4.11. The normalized spacial score (nSPS) is 14.2. The molecule has 74 valence electrons. The minimum atomic E-state index is 1.19. The van der Waals surface area contributed by atoms with Gasteiger partial charge in [-0.05, 0) is 47.2 Å². The molecule has 0 atom stereocenters. The second-order valence-corrected chi connectivity index (χ2v) is 4.25. The molecule has 0 amide bonds. The Balaban J connectivity index is 2.46. The Labute approximate surface area is 90.2 Å². The van der Waals surface area contributed by atoms with Crippen molar-refractivity contribution in [2.75, 3.05) is 0 Å². The summed E-state index contributed by atoms with van der Waals surface area (Å²) in [5.41, 5.74) is 4.42. The molecule has 3 rings (SSSR count). The van der Waals surface area contributed by atoms with E-state index >= 15 is 0 Å². The van der Waals surface area contributed by atoms with Gasteiger partial charge in [0.1, 0.15) is 0 Å². The van der Waals surface area contributed by atoms with Crippen LogP contribution in [-0.4, -0.2) is 0 Å². The first-order valence-corrected chi connectivity index (χ1v) is 5.54. The number of allylic oxidation sites excluding steroid dienone is 1. The number of hydrogen-bond acceptors (Lipinski definition) is 0. The van der Waals surface area contributed by atoms with Gasteiger partial charge in [0.2, 0.25) is 0 Å². The quantitative estimate of drug-likeness (QED) is 0.592. The lowest BCUT2D eigenvalue weighted by atomic mass is 9.89. The third kappa shape index (κ3) is 1.29. The summed E-state index contributed by atoms with van der Waals surface area (Å²) in [7, 11) is 0. The Morgan fingerprint density at radius 3 is 2.93 bits per heavy atom. The minimum Gasteiger partial charge on any atom is -0.0836 e. The van der Waals surface area contributed by atoms with Crippen molar-refractivity contribution >= 4 is 16.8 Å². The van der Waals surface area contributed by atoms with E-state index in [9.17, 15) is 0 Å². The third-order valence-electron chi connectivity index (χ3n) is 3.27. The number of benzene rings is 2. The van der Waals surface area contributed by atoms with Crippen LogP contribution in [0.4, 0.5) is 0 Å². The highest BCUT2D eigenvalue weighted by molar-refractivity contribution is 5.93.